The number of piperidine rings is 1. The number of benzene rings is 1. The first-order valence-corrected chi connectivity index (χ1v) is 7.44. The van der Waals surface area contributed by atoms with Crippen LogP contribution in [0.25, 0.3) is 11.4 Å². The van der Waals surface area contributed by atoms with Crippen LogP contribution in [0.2, 0.25) is 5.28 Å². The van der Waals surface area contributed by atoms with Gasteiger partial charge in [0.15, 0.2) is 5.82 Å². The lowest BCUT2D eigenvalue weighted by Gasteiger charge is -2.26. The Hall–Kier alpha value is -1.75. The van der Waals surface area contributed by atoms with E-state index in [0.29, 0.717) is 17.3 Å². The van der Waals surface area contributed by atoms with Crippen LogP contribution in [0.5, 0.6) is 0 Å². The fourth-order valence-electron chi connectivity index (χ4n) is 2.53. The molecule has 0 amide bonds. The molecular weight excluding hydrogens is 291 g/mol. The Bertz CT molecular complexity index is 656. The van der Waals surface area contributed by atoms with Gasteiger partial charge in [-0.05, 0) is 55.5 Å². The van der Waals surface area contributed by atoms with Gasteiger partial charge in [-0.3, -0.25) is 0 Å². The number of nitrogens with zero attached hydrogens (tertiary/aromatic N) is 4. The van der Waals surface area contributed by atoms with E-state index in [9.17, 15) is 4.39 Å². The minimum Gasteiger partial charge on any atom is -0.341 e. The van der Waals surface area contributed by atoms with E-state index in [4.69, 9.17) is 11.6 Å². The van der Waals surface area contributed by atoms with Crippen LogP contribution in [-0.4, -0.2) is 28.0 Å². The molecule has 110 valence electrons. The van der Waals surface area contributed by atoms with Gasteiger partial charge in [0.1, 0.15) is 5.82 Å². The van der Waals surface area contributed by atoms with Gasteiger partial charge in [-0.15, -0.1) is 0 Å². The summed E-state index contributed by atoms with van der Waals surface area (Å²) < 4.78 is 13.5. The molecule has 1 saturated heterocycles. The zero-order chi connectivity index (χ0) is 14.8. The van der Waals surface area contributed by atoms with Crippen molar-refractivity contribution in [2.24, 2.45) is 0 Å². The van der Waals surface area contributed by atoms with E-state index in [2.05, 4.69) is 19.9 Å². The largest absolute Gasteiger partial charge is 0.341 e. The van der Waals surface area contributed by atoms with Gasteiger partial charge in [-0.25, -0.2) is 4.39 Å². The predicted molar refractivity (Wildman–Crippen MR) is 81.0 cm³/mol. The fourth-order valence-corrected chi connectivity index (χ4v) is 2.69. The Morgan fingerprint density at radius 3 is 2.62 bits per heavy atom. The highest BCUT2D eigenvalue weighted by molar-refractivity contribution is 6.28. The van der Waals surface area contributed by atoms with E-state index >= 15 is 0 Å². The minimum atomic E-state index is -0.313. The van der Waals surface area contributed by atoms with Crippen LogP contribution in [0.4, 0.5) is 10.3 Å². The summed E-state index contributed by atoms with van der Waals surface area (Å²) in [5.74, 6) is 0.688. The van der Waals surface area contributed by atoms with Gasteiger partial charge in [-0.1, -0.05) is 6.07 Å². The molecule has 2 heterocycles. The Morgan fingerprint density at radius 1 is 1.10 bits per heavy atom. The van der Waals surface area contributed by atoms with E-state index in [0.717, 1.165) is 31.5 Å². The summed E-state index contributed by atoms with van der Waals surface area (Å²) in [4.78, 5) is 14.9. The average Bonchev–Trinajstić information content (AvgIpc) is 2.50. The highest BCUT2D eigenvalue weighted by Crippen LogP contribution is 2.25. The van der Waals surface area contributed by atoms with Gasteiger partial charge in [0.25, 0.3) is 0 Å². The van der Waals surface area contributed by atoms with Crippen LogP contribution in [-0.2, 0) is 0 Å². The summed E-state index contributed by atoms with van der Waals surface area (Å²) in [7, 11) is 0. The van der Waals surface area contributed by atoms with Crippen molar-refractivity contribution in [2.75, 3.05) is 18.0 Å². The second-order valence-corrected chi connectivity index (χ2v) is 5.57. The van der Waals surface area contributed by atoms with Crippen LogP contribution in [0.1, 0.15) is 24.8 Å². The number of hydrogen-bond donors (Lipinski definition) is 0. The van der Waals surface area contributed by atoms with Gasteiger partial charge in [0, 0.05) is 18.7 Å². The predicted octanol–water partition coefficient (Wildman–Crippen LogP) is 3.63. The number of anilines is 1. The second kappa shape index (κ2) is 5.93. The van der Waals surface area contributed by atoms with Crippen molar-refractivity contribution in [3.63, 3.8) is 0 Å². The highest BCUT2D eigenvalue weighted by atomic mass is 35.5. The van der Waals surface area contributed by atoms with Gasteiger partial charge >= 0.3 is 0 Å². The average molecular weight is 307 g/mol. The maximum Gasteiger partial charge on any atom is 0.230 e. The summed E-state index contributed by atoms with van der Waals surface area (Å²) in [5.41, 5.74) is 1.56. The summed E-state index contributed by atoms with van der Waals surface area (Å²) in [5, 5.41) is 0.143. The maximum absolute atomic E-state index is 13.5. The normalized spacial score (nSPS) is 15.3. The molecule has 4 nitrogen and oxygen atoms in total. The van der Waals surface area contributed by atoms with Crippen molar-refractivity contribution < 1.29 is 4.39 Å². The fraction of sp³-hybridized carbons (Fsp3) is 0.400. The van der Waals surface area contributed by atoms with Crippen LogP contribution in [0, 0.1) is 12.7 Å². The standard InChI is InChI=1S/C15H16ClFN4/c1-10-5-6-11(17)9-12(10)13-18-14(16)20-15(19-13)21-7-3-2-4-8-21/h5-6,9H,2-4,7-8H2,1H3. The number of aromatic nitrogens is 3. The molecule has 1 aromatic carbocycles. The molecule has 0 radical (unpaired) electrons. The summed E-state index contributed by atoms with van der Waals surface area (Å²) in [6.07, 6.45) is 3.47. The number of hydrogen-bond acceptors (Lipinski definition) is 4. The molecule has 0 unspecified atom stereocenters. The third-order valence-corrected chi connectivity index (χ3v) is 3.84. The topological polar surface area (TPSA) is 41.9 Å². The number of halogens is 2. The first-order chi connectivity index (χ1) is 10.1. The molecule has 0 saturated carbocycles. The van der Waals surface area contributed by atoms with E-state index in [1.165, 1.54) is 18.6 Å². The molecule has 1 aromatic heterocycles. The van der Waals surface area contributed by atoms with Crippen LogP contribution in [0.15, 0.2) is 18.2 Å². The molecule has 0 N–H and O–H groups in total. The molecule has 1 aliphatic heterocycles. The second-order valence-electron chi connectivity index (χ2n) is 5.23. The Morgan fingerprint density at radius 2 is 1.86 bits per heavy atom. The van der Waals surface area contributed by atoms with Gasteiger partial charge in [0.05, 0.1) is 0 Å². The molecule has 6 heteroatoms. The molecule has 0 spiro atoms. The zero-order valence-corrected chi connectivity index (χ0v) is 12.6. The minimum absolute atomic E-state index is 0.143. The quantitative estimate of drug-likeness (QED) is 0.849. The molecule has 0 atom stereocenters. The summed E-state index contributed by atoms with van der Waals surface area (Å²) >= 11 is 6.03. The van der Waals surface area contributed by atoms with Crippen molar-refractivity contribution in [2.45, 2.75) is 26.2 Å². The first-order valence-electron chi connectivity index (χ1n) is 7.06. The van der Waals surface area contributed by atoms with Crippen LogP contribution < -0.4 is 4.90 Å². The van der Waals surface area contributed by atoms with Crippen molar-refractivity contribution in [3.05, 3.63) is 34.9 Å². The van der Waals surface area contributed by atoms with Crippen molar-refractivity contribution >= 4 is 17.5 Å². The lowest BCUT2D eigenvalue weighted by atomic mass is 10.1. The number of rotatable bonds is 2. The van der Waals surface area contributed by atoms with Crippen molar-refractivity contribution in [3.8, 4) is 11.4 Å². The lowest BCUT2D eigenvalue weighted by molar-refractivity contribution is 0.567. The molecule has 1 fully saturated rings. The Kier molecular flexibility index (Phi) is 4.01. The summed E-state index contributed by atoms with van der Waals surface area (Å²) in [6, 6.07) is 4.57. The SMILES string of the molecule is Cc1ccc(F)cc1-c1nc(Cl)nc(N2CCCCC2)n1. The Balaban J connectivity index is 2.02. The van der Waals surface area contributed by atoms with E-state index < -0.39 is 0 Å². The van der Waals surface area contributed by atoms with Crippen LogP contribution >= 0.6 is 11.6 Å². The Labute approximate surface area is 128 Å². The molecule has 0 aliphatic carbocycles. The van der Waals surface area contributed by atoms with Gasteiger partial charge < -0.3 is 4.90 Å². The monoisotopic (exact) mass is 306 g/mol. The van der Waals surface area contributed by atoms with E-state index in [1.807, 2.05) is 6.92 Å². The molecule has 0 bridgehead atoms. The molecule has 21 heavy (non-hydrogen) atoms. The van der Waals surface area contributed by atoms with Crippen LogP contribution in [0.3, 0.4) is 0 Å². The third-order valence-electron chi connectivity index (χ3n) is 3.68. The van der Waals surface area contributed by atoms with E-state index in [1.54, 1.807) is 6.07 Å². The molecule has 2 aromatic rings. The molecular formula is C15H16ClFN4. The first kappa shape index (κ1) is 14.2. The smallest absolute Gasteiger partial charge is 0.230 e. The van der Waals surface area contributed by atoms with Gasteiger partial charge in [0.2, 0.25) is 11.2 Å². The molecule has 3 rings (SSSR count). The highest BCUT2D eigenvalue weighted by Gasteiger charge is 2.17. The van der Waals surface area contributed by atoms with Crippen molar-refractivity contribution in [1.29, 1.82) is 0 Å². The number of aryl methyl sites for hydroxylation is 1. The van der Waals surface area contributed by atoms with E-state index in [-0.39, 0.29) is 11.1 Å². The summed E-state index contributed by atoms with van der Waals surface area (Å²) in [6.45, 7) is 3.73. The van der Waals surface area contributed by atoms with Gasteiger partial charge in [-0.2, -0.15) is 15.0 Å². The third kappa shape index (κ3) is 3.13. The van der Waals surface area contributed by atoms with Crippen molar-refractivity contribution in [1.82, 2.24) is 15.0 Å². The zero-order valence-electron chi connectivity index (χ0n) is 11.8. The molecule has 1 aliphatic rings. The lowest BCUT2D eigenvalue weighted by Crippen LogP contribution is -2.31. The maximum atomic E-state index is 13.5.